The van der Waals surface area contributed by atoms with Crippen LogP contribution >= 0.6 is 0 Å². The molecule has 0 saturated heterocycles. The lowest BCUT2D eigenvalue weighted by atomic mass is 9.97. The molecule has 0 amide bonds. The predicted molar refractivity (Wildman–Crippen MR) is 54.1 cm³/mol. The average molecular weight is 170 g/mol. The van der Waals surface area contributed by atoms with Crippen LogP contribution in [-0.2, 0) is 0 Å². The van der Waals surface area contributed by atoms with Gasteiger partial charge in [0.2, 0.25) is 0 Å². The molecule has 0 aliphatic rings. The molecule has 0 aromatic carbocycles. The number of aliphatic hydroxyl groups is 1. The largest absolute Gasteiger partial charge is 0.389 e. The zero-order valence-corrected chi connectivity index (χ0v) is 8.42. The molecule has 12 heavy (non-hydrogen) atoms. The molecule has 0 fully saturated rings. The van der Waals surface area contributed by atoms with E-state index >= 15 is 0 Å². The minimum atomic E-state index is -0.313. The second-order valence-corrected chi connectivity index (χ2v) is 3.55. The van der Waals surface area contributed by atoms with Gasteiger partial charge in [-0.05, 0) is 12.3 Å². The van der Waals surface area contributed by atoms with E-state index in [0.29, 0.717) is 5.92 Å². The normalized spacial score (nSPS) is 15.6. The molecule has 0 spiro atoms. The van der Waals surface area contributed by atoms with Crippen molar-refractivity contribution in [3.63, 3.8) is 0 Å². The van der Waals surface area contributed by atoms with Crippen molar-refractivity contribution in [2.24, 2.45) is 5.92 Å². The molecule has 72 valence electrons. The van der Waals surface area contributed by atoms with Crippen LogP contribution in [0.25, 0.3) is 0 Å². The van der Waals surface area contributed by atoms with Crippen molar-refractivity contribution in [3.8, 4) is 0 Å². The average Bonchev–Trinajstić information content (AvgIpc) is 2.10. The Morgan fingerprint density at radius 2 is 2.00 bits per heavy atom. The first-order chi connectivity index (χ1) is 5.72. The third-order valence-electron chi connectivity index (χ3n) is 2.34. The lowest BCUT2D eigenvalue weighted by molar-refractivity contribution is 0.155. The van der Waals surface area contributed by atoms with E-state index in [0.717, 1.165) is 6.42 Å². The summed E-state index contributed by atoms with van der Waals surface area (Å²) in [5, 5.41) is 9.36. The van der Waals surface area contributed by atoms with Gasteiger partial charge in [-0.2, -0.15) is 0 Å². The molecule has 0 heterocycles. The van der Waals surface area contributed by atoms with Crippen molar-refractivity contribution >= 4 is 0 Å². The Morgan fingerprint density at radius 3 is 2.50 bits per heavy atom. The summed E-state index contributed by atoms with van der Waals surface area (Å²) in [4.78, 5) is 0. The number of hydrogen-bond acceptors (Lipinski definition) is 1. The van der Waals surface area contributed by atoms with Crippen molar-refractivity contribution in [1.29, 1.82) is 0 Å². The number of unbranched alkanes of at least 4 members (excludes halogenated alkanes) is 3. The first-order valence-corrected chi connectivity index (χ1v) is 5.03. The maximum absolute atomic E-state index is 9.36. The first kappa shape index (κ1) is 11.7. The van der Waals surface area contributed by atoms with Gasteiger partial charge in [-0.3, -0.25) is 0 Å². The van der Waals surface area contributed by atoms with Gasteiger partial charge in [0.05, 0.1) is 6.10 Å². The Hall–Kier alpha value is -0.300. The number of rotatable bonds is 7. The van der Waals surface area contributed by atoms with Crippen LogP contribution in [0.4, 0.5) is 0 Å². The summed E-state index contributed by atoms with van der Waals surface area (Å²) in [7, 11) is 0. The minimum absolute atomic E-state index is 0.313. The SMILES string of the molecule is C=CC(O)C(C)CCCCCC. The van der Waals surface area contributed by atoms with Crippen molar-refractivity contribution in [3.05, 3.63) is 12.7 Å². The van der Waals surface area contributed by atoms with Crippen LogP contribution < -0.4 is 0 Å². The minimum Gasteiger partial charge on any atom is -0.389 e. The maximum Gasteiger partial charge on any atom is 0.0743 e. The molecular formula is C11H22O. The Kier molecular flexibility index (Phi) is 7.17. The van der Waals surface area contributed by atoms with Gasteiger partial charge in [-0.25, -0.2) is 0 Å². The van der Waals surface area contributed by atoms with Crippen molar-refractivity contribution in [2.45, 2.75) is 52.1 Å². The summed E-state index contributed by atoms with van der Waals surface area (Å²) in [6.07, 6.45) is 7.56. The Morgan fingerprint density at radius 1 is 1.33 bits per heavy atom. The summed E-state index contributed by atoms with van der Waals surface area (Å²) < 4.78 is 0. The lowest BCUT2D eigenvalue weighted by Gasteiger charge is -2.14. The molecule has 0 bridgehead atoms. The van der Waals surface area contributed by atoms with E-state index in [1.165, 1.54) is 25.7 Å². The highest BCUT2D eigenvalue weighted by Crippen LogP contribution is 2.14. The Bertz CT molecular complexity index is 110. The fourth-order valence-corrected chi connectivity index (χ4v) is 1.30. The standard InChI is InChI=1S/C11H22O/c1-4-6-7-8-9-10(3)11(12)5-2/h5,10-12H,2,4,6-9H2,1,3H3. The molecule has 0 saturated carbocycles. The third-order valence-corrected chi connectivity index (χ3v) is 2.34. The lowest BCUT2D eigenvalue weighted by Crippen LogP contribution is -2.13. The summed E-state index contributed by atoms with van der Waals surface area (Å²) >= 11 is 0. The third kappa shape index (κ3) is 5.36. The van der Waals surface area contributed by atoms with Crippen LogP contribution in [0.5, 0.6) is 0 Å². The van der Waals surface area contributed by atoms with Crippen molar-refractivity contribution in [2.75, 3.05) is 0 Å². The zero-order valence-electron chi connectivity index (χ0n) is 8.42. The molecule has 2 atom stereocenters. The van der Waals surface area contributed by atoms with Gasteiger partial charge in [0, 0.05) is 0 Å². The van der Waals surface area contributed by atoms with Gasteiger partial charge in [-0.15, -0.1) is 6.58 Å². The summed E-state index contributed by atoms with van der Waals surface area (Å²) in [6.45, 7) is 7.87. The topological polar surface area (TPSA) is 20.2 Å². The molecule has 1 heteroatoms. The molecule has 0 radical (unpaired) electrons. The molecule has 0 rings (SSSR count). The van der Waals surface area contributed by atoms with Gasteiger partial charge < -0.3 is 5.11 Å². The van der Waals surface area contributed by atoms with Gasteiger partial charge in [0.15, 0.2) is 0 Å². The first-order valence-electron chi connectivity index (χ1n) is 5.03. The van der Waals surface area contributed by atoms with E-state index in [2.05, 4.69) is 20.4 Å². The van der Waals surface area contributed by atoms with Gasteiger partial charge in [0.1, 0.15) is 0 Å². The van der Waals surface area contributed by atoms with Crippen molar-refractivity contribution in [1.82, 2.24) is 0 Å². The Balaban J connectivity index is 3.30. The molecule has 0 aromatic rings. The maximum atomic E-state index is 9.36. The summed E-state index contributed by atoms with van der Waals surface area (Å²) in [5.74, 6) is 0.374. The highest BCUT2D eigenvalue weighted by molar-refractivity contribution is 4.81. The van der Waals surface area contributed by atoms with E-state index in [-0.39, 0.29) is 6.10 Å². The monoisotopic (exact) mass is 170 g/mol. The second kappa shape index (κ2) is 7.35. The Labute approximate surface area is 76.5 Å². The molecule has 1 N–H and O–H groups in total. The predicted octanol–water partition coefficient (Wildman–Crippen LogP) is 3.14. The van der Waals surface area contributed by atoms with Gasteiger partial charge >= 0.3 is 0 Å². The second-order valence-electron chi connectivity index (χ2n) is 3.55. The fraction of sp³-hybridized carbons (Fsp3) is 0.818. The zero-order chi connectivity index (χ0) is 9.40. The van der Waals surface area contributed by atoms with Crippen LogP contribution in [0.15, 0.2) is 12.7 Å². The summed E-state index contributed by atoms with van der Waals surface area (Å²) in [5.41, 5.74) is 0. The van der Waals surface area contributed by atoms with E-state index in [1.54, 1.807) is 6.08 Å². The van der Waals surface area contributed by atoms with Crippen LogP contribution in [0.1, 0.15) is 46.0 Å². The summed E-state index contributed by atoms with van der Waals surface area (Å²) in [6, 6.07) is 0. The fourth-order valence-electron chi connectivity index (χ4n) is 1.30. The van der Waals surface area contributed by atoms with Crippen LogP contribution in [0.3, 0.4) is 0 Å². The van der Waals surface area contributed by atoms with E-state index in [9.17, 15) is 5.11 Å². The quantitative estimate of drug-likeness (QED) is 0.459. The van der Waals surface area contributed by atoms with E-state index in [4.69, 9.17) is 0 Å². The van der Waals surface area contributed by atoms with E-state index < -0.39 is 0 Å². The molecular weight excluding hydrogens is 148 g/mol. The van der Waals surface area contributed by atoms with E-state index in [1.807, 2.05) is 0 Å². The molecule has 0 aliphatic heterocycles. The highest BCUT2D eigenvalue weighted by atomic mass is 16.3. The number of hydrogen-bond donors (Lipinski definition) is 1. The van der Waals surface area contributed by atoms with Gasteiger partial charge in [-0.1, -0.05) is 45.6 Å². The molecule has 0 aliphatic carbocycles. The highest BCUT2D eigenvalue weighted by Gasteiger charge is 2.08. The smallest absolute Gasteiger partial charge is 0.0743 e. The van der Waals surface area contributed by atoms with Gasteiger partial charge in [0.25, 0.3) is 0 Å². The molecule has 2 unspecified atom stereocenters. The van der Waals surface area contributed by atoms with Crippen molar-refractivity contribution < 1.29 is 5.11 Å². The van der Waals surface area contributed by atoms with Crippen LogP contribution in [0, 0.1) is 5.92 Å². The number of aliphatic hydroxyl groups excluding tert-OH is 1. The molecule has 1 nitrogen and oxygen atoms in total. The molecule has 0 aromatic heterocycles. The van der Waals surface area contributed by atoms with Crippen LogP contribution in [0.2, 0.25) is 0 Å². The van der Waals surface area contributed by atoms with Crippen LogP contribution in [-0.4, -0.2) is 11.2 Å².